The van der Waals surface area contributed by atoms with Crippen molar-refractivity contribution < 1.29 is 36.3 Å². The highest BCUT2D eigenvalue weighted by Crippen LogP contribution is 2.40. The van der Waals surface area contributed by atoms with Gasteiger partial charge >= 0.3 is 12.3 Å². The lowest BCUT2D eigenvalue weighted by atomic mass is 9.85. The summed E-state index contributed by atoms with van der Waals surface area (Å²) in [5.74, 6) is -0.792. The molecule has 1 atom stereocenters. The third-order valence-corrected chi connectivity index (χ3v) is 10.3. The number of piperidine rings is 1. The summed E-state index contributed by atoms with van der Waals surface area (Å²) in [6.07, 6.45) is -5.10. The third-order valence-electron chi connectivity index (χ3n) is 7.75. The zero-order chi connectivity index (χ0) is 30.1. The average molecular weight is 583 g/mol. The van der Waals surface area contributed by atoms with Gasteiger partial charge in [0.25, 0.3) is 0 Å². The van der Waals surface area contributed by atoms with Gasteiger partial charge in [-0.25, -0.2) is 13.2 Å². The van der Waals surface area contributed by atoms with Crippen LogP contribution in [0.15, 0.2) is 59.5 Å². The van der Waals surface area contributed by atoms with Crippen LogP contribution in [0.25, 0.3) is 0 Å². The fraction of sp³-hybridized carbons (Fsp3) is 0.517. The van der Waals surface area contributed by atoms with Crippen LogP contribution < -0.4 is 0 Å². The molecule has 1 aliphatic heterocycles. The van der Waals surface area contributed by atoms with Crippen molar-refractivity contribution in [2.24, 2.45) is 5.92 Å². The van der Waals surface area contributed by atoms with Gasteiger partial charge in [-0.1, -0.05) is 36.4 Å². The second-order valence-corrected chi connectivity index (χ2v) is 14.3. The predicted molar refractivity (Wildman–Crippen MR) is 146 cm³/mol. The van der Waals surface area contributed by atoms with Crippen LogP contribution >= 0.6 is 0 Å². The van der Waals surface area contributed by atoms with E-state index in [4.69, 9.17) is 0 Å². The Labute approximate surface area is 233 Å². The van der Waals surface area contributed by atoms with Crippen molar-refractivity contribution in [3.05, 3.63) is 65.7 Å². The standard InChI is InChI=1S/C29H37F3N2O5S/c1-27(2,3)34(26(36)37)24(18-20-10-7-6-8-11-20)25(35)33-16-14-21(15-17-33)28(4,5)40(38,39)23-13-9-12-22(19-23)29(30,31)32/h6-13,19,21,24H,14-18H2,1-5H3,(H,36,37)/t24-/m0/s1. The Kier molecular flexibility index (Phi) is 8.98. The number of alkyl halides is 3. The Hall–Kier alpha value is -3.08. The van der Waals surface area contributed by atoms with Crippen molar-refractivity contribution in [3.8, 4) is 0 Å². The molecule has 0 unspecified atom stereocenters. The predicted octanol–water partition coefficient (Wildman–Crippen LogP) is 5.89. The van der Waals surface area contributed by atoms with Gasteiger partial charge in [-0.15, -0.1) is 0 Å². The topological polar surface area (TPSA) is 95.0 Å². The molecule has 0 spiro atoms. The van der Waals surface area contributed by atoms with Gasteiger partial charge in [0.1, 0.15) is 6.04 Å². The molecule has 1 aliphatic rings. The van der Waals surface area contributed by atoms with E-state index >= 15 is 0 Å². The van der Waals surface area contributed by atoms with Crippen molar-refractivity contribution in [3.63, 3.8) is 0 Å². The Balaban J connectivity index is 1.83. The Morgan fingerprint density at radius 1 is 0.975 bits per heavy atom. The summed E-state index contributed by atoms with van der Waals surface area (Å²) in [7, 11) is -4.15. The zero-order valence-corrected chi connectivity index (χ0v) is 24.2. The van der Waals surface area contributed by atoms with Gasteiger partial charge in [-0.3, -0.25) is 9.69 Å². The fourth-order valence-electron chi connectivity index (χ4n) is 5.38. The highest BCUT2D eigenvalue weighted by atomic mass is 32.2. The number of carbonyl (C=O) groups is 2. The third kappa shape index (κ3) is 6.62. The molecular weight excluding hydrogens is 545 g/mol. The lowest BCUT2D eigenvalue weighted by Crippen LogP contribution is -2.59. The first-order chi connectivity index (χ1) is 18.4. The largest absolute Gasteiger partial charge is 0.465 e. The highest BCUT2D eigenvalue weighted by molar-refractivity contribution is 7.92. The van der Waals surface area contributed by atoms with Crippen molar-refractivity contribution in [1.82, 2.24) is 9.80 Å². The maximum atomic E-state index is 13.8. The molecule has 40 heavy (non-hydrogen) atoms. The summed E-state index contributed by atoms with van der Waals surface area (Å²) in [6.45, 7) is 8.59. The summed E-state index contributed by atoms with van der Waals surface area (Å²) in [5.41, 5.74) is -1.09. The number of hydrogen-bond donors (Lipinski definition) is 1. The molecule has 1 saturated heterocycles. The molecule has 0 radical (unpaired) electrons. The quantitative estimate of drug-likeness (QED) is 0.440. The Morgan fingerprint density at radius 2 is 1.55 bits per heavy atom. The molecule has 0 aliphatic carbocycles. The van der Waals surface area contributed by atoms with Gasteiger partial charge in [0.05, 0.1) is 15.2 Å². The monoisotopic (exact) mass is 582 g/mol. The molecule has 3 rings (SSSR count). The number of sulfone groups is 1. The van der Waals surface area contributed by atoms with Crippen LogP contribution in [0.5, 0.6) is 0 Å². The Morgan fingerprint density at radius 3 is 2.05 bits per heavy atom. The maximum absolute atomic E-state index is 13.8. The number of amides is 2. The maximum Gasteiger partial charge on any atom is 0.416 e. The SMILES string of the molecule is CC(C)(C)N(C(=O)O)[C@@H](Cc1ccccc1)C(=O)N1CCC(C(C)(C)S(=O)(=O)c2cccc(C(F)(F)F)c2)CC1. The second kappa shape index (κ2) is 11.4. The van der Waals surface area contributed by atoms with Crippen LogP contribution in [0.2, 0.25) is 0 Å². The van der Waals surface area contributed by atoms with E-state index < -0.39 is 54.8 Å². The van der Waals surface area contributed by atoms with Crippen LogP contribution in [-0.2, 0) is 27.2 Å². The molecule has 11 heteroatoms. The van der Waals surface area contributed by atoms with Gasteiger partial charge in [-0.05, 0) is 77.1 Å². The first-order valence-electron chi connectivity index (χ1n) is 13.1. The molecule has 2 aromatic rings. The van der Waals surface area contributed by atoms with E-state index in [0.717, 1.165) is 22.6 Å². The first-order valence-corrected chi connectivity index (χ1v) is 14.6. The fourth-order valence-corrected chi connectivity index (χ4v) is 7.20. The lowest BCUT2D eigenvalue weighted by molar-refractivity contribution is -0.140. The number of benzene rings is 2. The number of halogens is 3. The van der Waals surface area contributed by atoms with Gasteiger partial charge in [0.2, 0.25) is 5.91 Å². The molecule has 220 valence electrons. The second-order valence-electron chi connectivity index (χ2n) is 11.8. The van der Waals surface area contributed by atoms with Crippen molar-refractivity contribution in [1.29, 1.82) is 0 Å². The first kappa shape index (κ1) is 31.4. The van der Waals surface area contributed by atoms with Crippen LogP contribution in [-0.4, -0.2) is 64.7 Å². The molecule has 0 saturated carbocycles. The van der Waals surface area contributed by atoms with E-state index in [0.29, 0.717) is 18.9 Å². The normalized spacial score (nSPS) is 16.4. The summed E-state index contributed by atoms with van der Waals surface area (Å²) >= 11 is 0. The van der Waals surface area contributed by atoms with E-state index in [9.17, 15) is 36.3 Å². The van der Waals surface area contributed by atoms with Gasteiger partial charge < -0.3 is 10.0 Å². The molecular formula is C29H37F3N2O5S. The van der Waals surface area contributed by atoms with Gasteiger partial charge in [-0.2, -0.15) is 13.2 Å². The molecule has 0 aromatic heterocycles. The van der Waals surface area contributed by atoms with Crippen LogP contribution in [0.1, 0.15) is 58.6 Å². The number of nitrogens with zero attached hydrogens (tertiary/aromatic N) is 2. The number of carboxylic acid groups (broad SMARTS) is 1. The van der Waals surface area contributed by atoms with E-state index in [1.807, 2.05) is 30.3 Å². The average Bonchev–Trinajstić information content (AvgIpc) is 2.87. The number of hydrogen-bond acceptors (Lipinski definition) is 4. The molecule has 0 bridgehead atoms. The molecule has 7 nitrogen and oxygen atoms in total. The number of rotatable bonds is 7. The minimum absolute atomic E-state index is 0.179. The smallest absolute Gasteiger partial charge is 0.416 e. The minimum Gasteiger partial charge on any atom is -0.465 e. The van der Waals surface area contributed by atoms with Gasteiger partial charge in [0.15, 0.2) is 9.84 Å². The molecule has 1 heterocycles. The summed E-state index contributed by atoms with van der Waals surface area (Å²) in [4.78, 5) is 28.4. The summed E-state index contributed by atoms with van der Waals surface area (Å²) < 4.78 is 65.3. The highest BCUT2D eigenvalue weighted by Gasteiger charge is 2.46. The van der Waals surface area contributed by atoms with E-state index in [-0.39, 0.29) is 25.4 Å². The molecule has 1 fully saturated rings. The zero-order valence-electron chi connectivity index (χ0n) is 23.4. The Bertz CT molecular complexity index is 1310. The molecule has 2 amide bonds. The minimum atomic E-state index is -4.67. The van der Waals surface area contributed by atoms with Crippen LogP contribution in [0, 0.1) is 5.92 Å². The summed E-state index contributed by atoms with van der Waals surface area (Å²) in [5, 5.41) is 10.0. The van der Waals surface area contributed by atoms with E-state index in [2.05, 4.69) is 0 Å². The number of carbonyl (C=O) groups excluding carboxylic acids is 1. The van der Waals surface area contributed by atoms with Gasteiger partial charge in [0, 0.05) is 25.0 Å². The van der Waals surface area contributed by atoms with Crippen molar-refractivity contribution >= 4 is 21.8 Å². The summed E-state index contributed by atoms with van der Waals surface area (Å²) in [6, 6.07) is 11.9. The van der Waals surface area contributed by atoms with Crippen molar-refractivity contribution in [2.45, 2.75) is 81.3 Å². The van der Waals surface area contributed by atoms with E-state index in [1.54, 1.807) is 25.7 Å². The molecule has 2 aromatic carbocycles. The molecule has 1 N–H and O–H groups in total. The van der Waals surface area contributed by atoms with Crippen LogP contribution in [0.4, 0.5) is 18.0 Å². The van der Waals surface area contributed by atoms with Crippen LogP contribution in [0.3, 0.4) is 0 Å². The van der Waals surface area contributed by atoms with Crippen molar-refractivity contribution in [2.75, 3.05) is 13.1 Å². The number of likely N-dealkylation sites (tertiary alicyclic amines) is 1. The lowest BCUT2D eigenvalue weighted by Gasteiger charge is -2.44. The van der Waals surface area contributed by atoms with E-state index in [1.165, 1.54) is 19.9 Å².